The number of aromatic hydroxyl groups is 1. The zero-order chi connectivity index (χ0) is 22.4. The molecule has 0 bridgehead atoms. The Kier molecular flexibility index (Phi) is 5.35. The highest BCUT2D eigenvalue weighted by molar-refractivity contribution is 6.35. The Labute approximate surface area is 191 Å². The highest BCUT2D eigenvalue weighted by Gasteiger charge is 2.24. The van der Waals surface area contributed by atoms with Crippen molar-refractivity contribution in [2.24, 2.45) is 0 Å². The van der Waals surface area contributed by atoms with E-state index in [-0.39, 0.29) is 21.9 Å². The van der Waals surface area contributed by atoms with Gasteiger partial charge >= 0.3 is 0 Å². The number of phenols is 1. The number of halogens is 2. The fraction of sp³-hybridized carbons (Fsp3) is 0.280. The minimum absolute atomic E-state index is 0.0562. The van der Waals surface area contributed by atoms with Crippen LogP contribution in [0.15, 0.2) is 48.8 Å². The van der Waals surface area contributed by atoms with Gasteiger partial charge in [0.1, 0.15) is 23.4 Å². The third-order valence-electron chi connectivity index (χ3n) is 6.26. The predicted octanol–water partition coefficient (Wildman–Crippen LogP) is 5.48. The van der Waals surface area contributed by atoms with Crippen LogP contribution in [0.4, 0.5) is 10.2 Å². The van der Waals surface area contributed by atoms with Crippen molar-refractivity contribution in [3.63, 3.8) is 0 Å². The molecule has 1 aliphatic rings. The molecule has 32 heavy (non-hydrogen) atoms. The Balaban J connectivity index is 1.65. The molecular weight excluding hydrogens is 427 g/mol. The maximum absolute atomic E-state index is 15.9. The average molecular weight is 451 g/mol. The molecule has 0 atom stereocenters. The lowest BCUT2D eigenvalue weighted by Crippen LogP contribution is -2.49. The molecule has 7 heteroatoms. The number of aromatic nitrogens is 2. The first-order chi connectivity index (χ1) is 15.4. The molecule has 4 aromatic rings. The Morgan fingerprint density at radius 2 is 1.75 bits per heavy atom. The molecule has 1 saturated heterocycles. The largest absolute Gasteiger partial charge is 0.508 e. The van der Waals surface area contributed by atoms with E-state index >= 15 is 4.39 Å². The Bertz CT molecular complexity index is 1320. The van der Waals surface area contributed by atoms with Crippen molar-refractivity contribution in [2.45, 2.75) is 19.9 Å². The maximum Gasteiger partial charge on any atom is 0.158 e. The first kappa shape index (κ1) is 20.9. The lowest BCUT2D eigenvalue weighted by atomic mass is 9.96. The molecular formula is C25H24ClFN4O. The Morgan fingerprint density at radius 3 is 2.50 bits per heavy atom. The highest BCUT2D eigenvalue weighted by Crippen LogP contribution is 2.41. The van der Waals surface area contributed by atoms with Crippen LogP contribution < -0.4 is 4.90 Å². The van der Waals surface area contributed by atoms with E-state index in [1.807, 2.05) is 24.3 Å². The molecule has 1 fully saturated rings. The number of anilines is 1. The van der Waals surface area contributed by atoms with Crippen LogP contribution in [-0.4, -0.2) is 52.2 Å². The highest BCUT2D eigenvalue weighted by atomic mass is 35.5. The van der Waals surface area contributed by atoms with Gasteiger partial charge in [-0.1, -0.05) is 35.9 Å². The van der Waals surface area contributed by atoms with Gasteiger partial charge in [-0.15, -0.1) is 0 Å². The van der Waals surface area contributed by atoms with E-state index in [4.69, 9.17) is 11.6 Å². The molecule has 0 radical (unpaired) electrons. The SMILES string of the molecule is CC(C)N1CCN(c2ncnc3c(F)c(-c4cc(O)cc5ccccc45)c(Cl)cc23)CC1. The second kappa shape index (κ2) is 8.19. The fourth-order valence-electron chi connectivity index (χ4n) is 4.57. The summed E-state index contributed by atoms with van der Waals surface area (Å²) < 4.78 is 15.9. The van der Waals surface area contributed by atoms with Gasteiger partial charge in [0.2, 0.25) is 0 Å². The molecule has 0 amide bonds. The van der Waals surface area contributed by atoms with Crippen LogP contribution in [0, 0.1) is 5.82 Å². The fourth-order valence-corrected chi connectivity index (χ4v) is 4.86. The summed E-state index contributed by atoms with van der Waals surface area (Å²) in [6.07, 6.45) is 1.41. The lowest BCUT2D eigenvalue weighted by Gasteiger charge is -2.37. The molecule has 5 nitrogen and oxygen atoms in total. The summed E-state index contributed by atoms with van der Waals surface area (Å²) in [5.74, 6) is 0.250. The molecule has 1 N–H and O–H groups in total. The first-order valence-corrected chi connectivity index (χ1v) is 11.2. The van der Waals surface area contributed by atoms with Crippen molar-refractivity contribution in [2.75, 3.05) is 31.1 Å². The molecule has 0 aliphatic carbocycles. The number of fused-ring (bicyclic) bond motifs is 2. The van der Waals surface area contributed by atoms with Gasteiger partial charge in [-0.2, -0.15) is 0 Å². The molecule has 1 aliphatic heterocycles. The van der Waals surface area contributed by atoms with E-state index in [1.54, 1.807) is 18.2 Å². The normalized spacial score (nSPS) is 15.2. The van der Waals surface area contributed by atoms with E-state index in [9.17, 15) is 5.11 Å². The standard InChI is InChI=1S/C25H24ClFN4O/c1-15(2)30-7-9-31(10-8-30)25-20-13-21(26)22(23(27)24(20)28-14-29-25)19-12-17(32)11-16-5-3-4-6-18(16)19/h3-6,11-15,32H,7-10H2,1-2H3. The summed E-state index contributed by atoms with van der Waals surface area (Å²) in [5.41, 5.74) is 1.00. The number of hydrogen-bond acceptors (Lipinski definition) is 5. The molecule has 164 valence electrons. The summed E-state index contributed by atoms with van der Waals surface area (Å²) in [5, 5.41) is 12.7. The van der Waals surface area contributed by atoms with Gasteiger partial charge in [-0.25, -0.2) is 14.4 Å². The van der Waals surface area contributed by atoms with Crippen molar-refractivity contribution in [1.29, 1.82) is 0 Å². The Morgan fingerprint density at radius 1 is 1.00 bits per heavy atom. The minimum Gasteiger partial charge on any atom is -0.508 e. The number of phenolic OH excluding ortho intramolecular Hbond substituents is 1. The van der Waals surface area contributed by atoms with E-state index < -0.39 is 5.82 Å². The van der Waals surface area contributed by atoms with Gasteiger partial charge in [0.05, 0.1) is 5.02 Å². The van der Waals surface area contributed by atoms with E-state index in [0.717, 1.165) is 37.0 Å². The lowest BCUT2D eigenvalue weighted by molar-refractivity contribution is 0.209. The first-order valence-electron chi connectivity index (χ1n) is 10.8. The van der Waals surface area contributed by atoms with Crippen molar-refractivity contribution in [3.05, 3.63) is 59.6 Å². The average Bonchev–Trinajstić information content (AvgIpc) is 2.78. The molecule has 0 spiro atoms. The van der Waals surface area contributed by atoms with Crippen LogP contribution in [-0.2, 0) is 0 Å². The van der Waals surface area contributed by atoms with E-state index in [2.05, 4.69) is 33.6 Å². The van der Waals surface area contributed by atoms with E-state index in [0.29, 0.717) is 22.8 Å². The summed E-state index contributed by atoms with van der Waals surface area (Å²) in [6, 6.07) is 13.0. The summed E-state index contributed by atoms with van der Waals surface area (Å²) in [7, 11) is 0. The van der Waals surface area contributed by atoms with Crippen LogP contribution in [0.1, 0.15) is 13.8 Å². The number of benzene rings is 3. The maximum atomic E-state index is 15.9. The summed E-state index contributed by atoms with van der Waals surface area (Å²) in [6.45, 7) is 7.85. The molecule has 3 aromatic carbocycles. The molecule has 5 rings (SSSR count). The van der Waals surface area contributed by atoms with Crippen molar-refractivity contribution < 1.29 is 9.50 Å². The minimum atomic E-state index is -0.507. The summed E-state index contributed by atoms with van der Waals surface area (Å²) >= 11 is 6.67. The molecule has 0 unspecified atom stereocenters. The van der Waals surface area contributed by atoms with Gasteiger partial charge in [0.15, 0.2) is 5.82 Å². The second-order valence-corrected chi connectivity index (χ2v) is 8.88. The van der Waals surface area contributed by atoms with Crippen LogP contribution >= 0.6 is 11.6 Å². The predicted molar refractivity (Wildman–Crippen MR) is 128 cm³/mol. The third-order valence-corrected chi connectivity index (χ3v) is 6.56. The van der Waals surface area contributed by atoms with Crippen LogP contribution in [0.2, 0.25) is 5.02 Å². The quantitative estimate of drug-likeness (QED) is 0.448. The topological polar surface area (TPSA) is 52.5 Å². The third kappa shape index (κ3) is 3.53. The summed E-state index contributed by atoms with van der Waals surface area (Å²) in [4.78, 5) is 13.3. The van der Waals surface area contributed by atoms with Gasteiger partial charge in [-0.05, 0) is 48.4 Å². The Hall–Kier alpha value is -2.96. The van der Waals surface area contributed by atoms with E-state index in [1.165, 1.54) is 6.33 Å². The monoisotopic (exact) mass is 450 g/mol. The van der Waals surface area contributed by atoms with Crippen LogP contribution in [0.25, 0.3) is 32.8 Å². The van der Waals surface area contributed by atoms with Crippen LogP contribution in [0.5, 0.6) is 5.75 Å². The number of rotatable bonds is 3. The molecule has 1 aromatic heterocycles. The van der Waals surface area contributed by atoms with Crippen molar-refractivity contribution in [1.82, 2.24) is 14.9 Å². The zero-order valence-corrected chi connectivity index (χ0v) is 18.8. The zero-order valence-electron chi connectivity index (χ0n) is 18.0. The smallest absolute Gasteiger partial charge is 0.158 e. The molecule has 0 saturated carbocycles. The van der Waals surface area contributed by atoms with Gasteiger partial charge in [0, 0.05) is 43.2 Å². The number of hydrogen-bond donors (Lipinski definition) is 1. The van der Waals surface area contributed by atoms with Crippen molar-refractivity contribution in [3.8, 4) is 16.9 Å². The second-order valence-electron chi connectivity index (χ2n) is 8.47. The van der Waals surface area contributed by atoms with Crippen molar-refractivity contribution >= 4 is 39.1 Å². The number of nitrogens with zero attached hydrogens (tertiary/aromatic N) is 4. The van der Waals surface area contributed by atoms with Gasteiger partial charge < -0.3 is 10.0 Å². The molecule has 2 heterocycles. The van der Waals surface area contributed by atoms with Gasteiger partial charge in [-0.3, -0.25) is 4.90 Å². The number of piperazine rings is 1. The van der Waals surface area contributed by atoms with Gasteiger partial charge in [0.25, 0.3) is 0 Å². The van der Waals surface area contributed by atoms with Crippen LogP contribution in [0.3, 0.4) is 0 Å².